The molecule has 1 aliphatic heterocycles. The molecular formula is C9H6FN2O. The summed E-state index contributed by atoms with van der Waals surface area (Å²) in [5, 5.41) is 8.86. The highest BCUT2D eigenvalue weighted by Crippen LogP contribution is 2.31. The number of nitriles is 1. The summed E-state index contributed by atoms with van der Waals surface area (Å²) in [5.41, 5.74) is -0.745. The van der Waals surface area contributed by atoms with Gasteiger partial charge in [-0.15, -0.1) is 0 Å². The van der Waals surface area contributed by atoms with Gasteiger partial charge in [0, 0.05) is 12.3 Å². The van der Waals surface area contributed by atoms with Gasteiger partial charge in [-0.25, -0.2) is 4.39 Å². The molecule has 1 saturated heterocycles. The van der Waals surface area contributed by atoms with E-state index in [4.69, 9.17) is 10.00 Å². The Bertz CT molecular complexity index is 368. The van der Waals surface area contributed by atoms with Crippen LogP contribution in [0.25, 0.3) is 0 Å². The SMILES string of the molecule is N#CC1(c2ncc[c]c2F)COC1. The van der Waals surface area contributed by atoms with Crippen molar-refractivity contribution in [3.05, 3.63) is 29.8 Å². The molecule has 1 fully saturated rings. The van der Waals surface area contributed by atoms with E-state index in [9.17, 15) is 4.39 Å². The summed E-state index contributed by atoms with van der Waals surface area (Å²) < 4.78 is 18.1. The lowest BCUT2D eigenvalue weighted by atomic mass is 9.83. The summed E-state index contributed by atoms with van der Waals surface area (Å²) in [6.07, 6.45) is 1.43. The van der Waals surface area contributed by atoms with Crippen LogP contribution in [0, 0.1) is 23.2 Å². The molecule has 1 aromatic heterocycles. The van der Waals surface area contributed by atoms with E-state index >= 15 is 0 Å². The molecule has 0 aliphatic carbocycles. The van der Waals surface area contributed by atoms with Crippen LogP contribution >= 0.6 is 0 Å². The van der Waals surface area contributed by atoms with E-state index in [1.54, 1.807) is 0 Å². The van der Waals surface area contributed by atoms with Crippen molar-refractivity contribution in [2.24, 2.45) is 0 Å². The van der Waals surface area contributed by atoms with Crippen LogP contribution in [-0.2, 0) is 10.2 Å². The standard InChI is InChI=1S/C9H6FN2O/c10-7-2-1-3-12-8(7)9(4-11)5-13-6-9/h1,3H,5-6H2. The first kappa shape index (κ1) is 8.14. The maximum absolute atomic E-state index is 13.2. The van der Waals surface area contributed by atoms with Gasteiger partial charge >= 0.3 is 0 Å². The fourth-order valence-corrected chi connectivity index (χ4v) is 1.24. The summed E-state index contributed by atoms with van der Waals surface area (Å²) in [7, 11) is 0. The highest BCUT2D eigenvalue weighted by atomic mass is 19.1. The quantitative estimate of drug-likeness (QED) is 0.637. The minimum Gasteiger partial charge on any atom is -0.377 e. The van der Waals surface area contributed by atoms with Crippen molar-refractivity contribution >= 4 is 0 Å². The van der Waals surface area contributed by atoms with Crippen LogP contribution in [0.15, 0.2) is 12.3 Å². The van der Waals surface area contributed by atoms with Crippen molar-refractivity contribution in [3.8, 4) is 6.07 Å². The van der Waals surface area contributed by atoms with Crippen LogP contribution in [0.5, 0.6) is 0 Å². The lowest BCUT2D eigenvalue weighted by Gasteiger charge is -2.34. The molecule has 0 spiro atoms. The number of pyridine rings is 1. The molecule has 0 saturated carbocycles. The Kier molecular flexibility index (Phi) is 1.74. The van der Waals surface area contributed by atoms with Crippen LogP contribution < -0.4 is 0 Å². The van der Waals surface area contributed by atoms with Crippen molar-refractivity contribution < 1.29 is 9.13 Å². The minimum atomic E-state index is -0.887. The van der Waals surface area contributed by atoms with Crippen molar-refractivity contribution in [3.63, 3.8) is 0 Å². The van der Waals surface area contributed by atoms with Gasteiger partial charge in [0.15, 0.2) is 5.82 Å². The molecule has 1 aliphatic rings. The fourth-order valence-electron chi connectivity index (χ4n) is 1.24. The number of rotatable bonds is 1. The summed E-state index contributed by atoms with van der Waals surface area (Å²) in [6.45, 7) is 0.427. The summed E-state index contributed by atoms with van der Waals surface area (Å²) >= 11 is 0. The Morgan fingerprint density at radius 2 is 2.46 bits per heavy atom. The second kappa shape index (κ2) is 2.79. The molecule has 65 valence electrons. The van der Waals surface area contributed by atoms with Crippen LogP contribution in [0.4, 0.5) is 4.39 Å². The molecule has 0 amide bonds. The highest BCUT2D eigenvalue weighted by Gasteiger charge is 2.44. The summed E-state index contributed by atoms with van der Waals surface area (Å²) in [4.78, 5) is 3.83. The molecule has 0 atom stereocenters. The maximum atomic E-state index is 13.2. The smallest absolute Gasteiger partial charge is 0.154 e. The molecule has 13 heavy (non-hydrogen) atoms. The average Bonchev–Trinajstić information content (AvgIpc) is 2.07. The van der Waals surface area contributed by atoms with Crippen LogP contribution in [0.1, 0.15) is 5.69 Å². The molecule has 4 heteroatoms. The largest absolute Gasteiger partial charge is 0.377 e. The number of nitrogens with zero attached hydrogens (tertiary/aromatic N) is 2. The van der Waals surface area contributed by atoms with Crippen LogP contribution in [0.2, 0.25) is 0 Å². The first-order valence-corrected chi connectivity index (χ1v) is 3.80. The fraction of sp³-hybridized carbons (Fsp3) is 0.333. The first-order valence-electron chi connectivity index (χ1n) is 3.80. The van der Waals surface area contributed by atoms with E-state index in [1.807, 2.05) is 6.07 Å². The predicted octanol–water partition coefficient (Wildman–Crippen LogP) is 0.812. The average molecular weight is 177 g/mol. The number of halogens is 1. The molecular weight excluding hydrogens is 171 g/mol. The Hall–Kier alpha value is -1.47. The normalized spacial score (nSPS) is 18.8. The van der Waals surface area contributed by atoms with Crippen LogP contribution in [0.3, 0.4) is 0 Å². The highest BCUT2D eigenvalue weighted by molar-refractivity contribution is 5.30. The lowest BCUT2D eigenvalue weighted by Crippen LogP contribution is -2.46. The van der Waals surface area contributed by atoms with E-state index in [2.05, 4.69) is 11.1 Å². The van der Waals surface area contributed by atoms with Crippen molar-refractivity contribution in [2.75, 3.05) is 13.2 Å². The lowest BCUT2D eigenvalue weighted by molar-refractivity contribution is -0.0334. The third-order valence-corrected chi connectivity index (χ3v) is 2.06. The van der Waals surface area contributed by atoms with E-state index in [-0.39, 0.29) is 18.9 Å². The predicted molar refractivity (Wildman–Crippen MR) is 41.1 cm³/mol. The van der Waals surface area contributed by atoms with Crippen molar-refractivity contribution in [1.82, 2.24) is 4.98 Å². The van der Waals surface area contributed by atoms with E-state index < -0.39 is 11.2 Å². The number of hydrogen-bond acceptors (Lipinski definition) is 3. The Morgan fingerprint density at radius 1 is 1.69 bits per heavy atom. The zero-order valence-corrected chi connectivity index (χ0v) is 6.75. The Morgan fingerprint density at radius 3 is 2.92 bits per heavy atom. The van der Waals surface area contributed by atoms with E-state index in [0.29, 0.717) is 0 Å². The molecule has 2 heterocycles. The molecule has 0 bridgehead atoms. The van der Waals surface area contributed by atoms with Crippen LogP contribution in [-0.4, -0.2) is 18.2 Å². The number of ether oxygens (including phenoxy) is 1. The van der Waals surface area contributed by atoms with E-state index in [0.717, 1.165) is 0 Å². The summed E-state index contributed by atoms with van der Waals surface area (Å²) in [6, 6.07) is 5.78. The number of hydrogen-bond donors (Lipinski definition) is 0. The van der Waals surface area contributed by atoms with Gasteiger partial charge in [-0.05, 0) is 6.07 Å². The molecule has 3 nitrogen and oxygen atoms in total. The van der Waals surface area contributed by atoms with Gasteiger partial charge in [-0.1, -0.05) is 0 Å². The molecule has 1 radical (unpaired) electrons. The zero-order chi connectivity index (χ0) is 9.31. The molecule has 0 unspecified atom stereocenters. The van der Waals surface area contributed by atoms with Gasteiger partial charge in [0.2, 0.25) is 0 Å². The molecule has 1 aromatic rings. The van der Waals surface area contributed by atoms with Crippen molar-refractivity contribution in [1.29, 1.82) is 5.26 Å². The second-order valence-corrected chi connectivity index (χ2v) is 2.94. The van der Waals surface area contributed by atoms with E-state index in [1.165, 1.54) is 12.3 Å². The zero-order valence-electron chi connectivity index (χ0n) is 6.75. The third kappa shape index (κ3) is 1.09. The Labute approximate surface area is 74.8 Å². The minimum absolute atomic E-state index is 0.142. The van der Waals surface area contributed by atoms with Gasteiger partial charge in [0.25, 0.3) is 0 Å². The van der Waals surface area contributed by atoms with Crippen molar-refractivity contribution in [2.45, 2.75) is 5.41 Å². The first-order chi connectivity index (χ1) is 6.28. The Balaban J connectivity index is 2.46. The molecule has 2 rings (SSSR count). The topological polar surface area (TPSA) is 45.9 Å². The molecule has 0 aromatic carbocycles. The van der Waals surface area contributed by atoms with Gasteiger partial charge in [-0.3, -0.25) is 4.98 Å². The second-order valence-electron chi connectivity index (χ2n) is 2.94. The number of aromatic nitrogens is 1. The maximum Gasteiger partial charge on any atom is 0.154 e. The van der Waals surface area contributed by atoms with Gasteiger partial charge < -0.3 is 4.74 Å². The summed E-state index contributed by atoms with van der Waals surface area (Å²) in [5.74, 6) is -0.563. The van der Waals surface area contributed by atoms with Gasteiger partial charge in [-0.2, -0.15) is 5.26 Å². The molecule has 0 N–H and O–H groups in total. The van der Waals surface area contributed by atoms with Gasteiger partial charge in [0.05, 0.1) is 19.3 Å². The third-order valence-electron chi connectivity index (χ3n) is 2.06. The monoisotopic (exact) mass is 177 g/mol. The van der Waals surface area contributed by atoms with Gasteiger partial charge in [0.1, 0.15) is 11.1 Å².